The molecular formula is C22H26FN3O3S. The van der Waals surface area contributed by atoms with Gasteiger partial charge in [0.25, 0.3) is 15.9 Å². The van der Waals surface area contributed by atoms with E-state index >= 15 is 0 Å². The Labute approximate surface area is 176 Å². The molecule has 0 bridgehead atoms. The van der Waals surface area contributed by atoms with Crippen LogP contribution >= 0.6 is 0 Å². The van der Waals surface area contributed by atoms with Gasteiger partial charge in [-0.3, -0.25) is 4.79 Å². The van der Waals surface area contributed by atoms with E-state index in [1.165, 1.54) is 6.07 Å². The summed E-state index contributed by atoms with van der Waals surface area (Å²) in [5, 5.41) is 5.76. The summed E-state index contributed by atoms with van der Waals surface area (Å²) in [6.07, 6.45) is 1.64. The summed E-state index contributed by atoms with van der Waals surface area (Å²) >= 11 is 0. The minimum absolute atomic E-state index is 0.0706. The molecule has 2 N–H and O–H groups in total. The number of nitrogens with zero attached hydrogens (tertiary/aromatic N) is 1. The molecular weight excluding hydrogens is 405 g/mol. The number of carbonyl (C=O) groups excluding carboxylic acids is 1. The first-order chi connectivity index (χ1) is 14.2. The van der Waals surface area contributed by atoms with Crippen LogP contribution in [0.3, 0.4) is 0 Å². The van der Waals surface area contributed by atoms with Crippen molar-refractivity contribution in [1.82, 2.24) is 5.32 Å². The van der Waals surface area contributed by atoms with Crippen molar-refractivity contribution < 1.29 is 17.6 Å². The van der Waals surface area contributed by atoms with E-state index in [-0.39, 0.29) is 16.5 Å². The highest BCUT2D eigenvalue weighted by Crippen LogP contribution is 2.26. The van der Waals surface area contributed by atoms with E-state index in [0.29, 0.717) is 16.8 Å². The summed E-state index contributed by atoms with van der Waals surface area (Å²) in [5.41, 5.74) is 1.97. The van der Waals surface area contributed by atoms with E-state index in [2.05, 4.69) is 15.0 Å². The van der Waals surface area contributed by atoms with Gasteiger partial charge in [0, 0.05) is 17.2 Å². The van der Waals surface area contributed by atoms with Gasteiger partial charge in [0.1, 0.15) is 5.82 Å². The zero-order valence-electron chi connectivity index (χ0n) is 17.3. The lowest BCUT2D eigenvalue weighted by Crippen LogP contribution is -2.31. The molecule has 0 radical (unpaired) electrons. The Hall–Kier alpha value is -2.58. The molecule has 0 saturated carbocycles. The van der Waals surface area contributed by atoms with Crippen molar-refractivity contribution in [2.45, 2.75) is 38.5 Å². The molecule has 2 aromatic carbocycles. The van der Waals surface area contributed by atoms with Gasteiger partial charge < -0.3 is 10.6 Å². The number of carbonyl (C=O) groups is 1. The molecule has 2 aromatic rings. The SMILES string of the molecule is CC(=NS(=O)(=O)c1cc(F)c(NC(=O)c2ccccc2C)cc1C)C1CCNCC1. The van der Waals surface area contributed by atoms with Gasteiger partial charge in [-0.2, -0.15) is 12.8 Å². The summed E-state index contributed by atoms with van der Waals surface area (Å²) in [6, 6.07) is 9.22. The molecule has 0 unspecified atom stereocenters. The van der Waals surface area contributed by atoms with Gasteiger partial charge in [-0.1, -0.05) is 18.2 Å². The first-order valence-electron chi connectivity index (χ1n) is 9.88. The van der Waals surface area contributed by atoms with Crippen LogP contribution in [0.4, 0.5) is 10.1 Å². The quantitative estimate of drug-likeness (QED) is 0.704. The maximum Gasteiger partial charge on any atom is 0.282 e. The molecule has 8 heteroatoms. The van der Waals surface area contributed by atoms with Gasteiger partial charge in [-0.25, -0.2) is 4.39 Å². The van der Waals surface area contributed by atoms with Gasteiger partial charge >= 0.3 is 0 Å². The lowest BCUT2D eigenvalue weighted by atomic mass is 9.94. The topological polar surface area (TPSA) is 87.6 Å². The van der Waals surface area contributed by atoms with Crippen LogP contribution in [0.15, 0.2) is 45.7 Å². The Morgan fingerprint density at radius 3 is 2.47 bits per heavy atom. The molecule has 1 amide bonds. The van der Waals surface area contributed by atoms with Crippen molar-refractivity contribution in [3.63, 3.8) is 0 Å². The molecule has 0 aliphatic carbocycles. The molecule has 3 rings (SSSR count). The van der Waals surface area contributed by atoms with Crippen molar-refractivity contribution in [3.05, 3.63) is 58.9 Å². The lowest BCUT2D eigenvalue weighted by Gasteiger charge is -2.22. The standard InChI is InChI=1S/C22H26FN3O3S/c1-14-6-4-5-7-18(14)22(27)25-20-12-15(2)21(13-19(20)23)30(28,29)26-16(3)17-8-10-24-11-9-17/h4-7,12-13,17,24H,8-11H2,1-3H3,(H,25,27). The largest absolute Gasteiger partial charge is 0.319 e. The molecule has 160 valence electrons. The molecule has 1 heterocycles. The van der Waals surface area contributed by atoms with Crippen LogP contribution in [0.5, 0.6) is 0 Å². The number of hydrogen-bond donors (Lipinski definition) is 2. The Bertz CT molecular complexity index is 1090. The zero-order valence-corrected chi connectivity index (χ0v) is 18.1. The second-order valence-corrected chi connectivity index (χ2v) is 9.17. The fourth-order valence-electron chi connectivity index (χ4n) is 3.61. The first kappa shape index (κ1) is 22.1. The third kappa shape index (κ3) is 4.94. The van der Waals surface area contributed by atoms with Crippen molar-refractivity contribution >= 4 is 27.3 Å². The number of sulfonamides is 1. The van der Waals surface area contributed by atoms with Crippen LogP contribution in [0.25, 0.3) is 0 Å². The predicted molar refractivity (Wildman–Crippen MR) is 116 cm³/mol. The number of aryl methyl sites for hydroxylation is 2. The highest BCUT2D eigenvalue weighted by molar-refractivity contribution is 7.90. The van der Waals surface area contributed by atoms with Gasteiger partial charge in [0.2, 0.25) is 0 Å². The van der Waals surface area contributed by atoms with Gasteiger partial charge in [-0.05, 0) is 76.0 Å². The third-order valence-corrected chi connectivity index (χ3v) is 6.90. The smallest absolute Gasteiger partial charge is 0.282 e. The van der Waals surface area contributed by atoms with Crippen LogP contribution in [0.2, 0.25) is 0 Å². The number of benzene rings is 2. The van der Waals surface area contributed by atoms with Gasteiger partial charge in [0.05, 0.1) is 10.6 Å². The summed E-state index contributed by atoms with van der Waals surface area (Å²) in [7, 11) is -4.05. The molecule has 30 heavy (non-hydrogen) atoms. The zero-order chi connectivity index (χ0) is 21.9. The monoisotopic (exact) mass is 431 g/mol. The number of amides is 1. The van der Waals surface area contributed by atoms with Crippen LogP contribution < -0.4 is 10.6 Å². The van der Waals surface area contributed by atoms with E-state index in [1.54, 1.807) is 39.0 Å². The minimum Gasteiger partial charge on any atom is -0.319 e. The second-order valence-electron chi connectivity index (χ2n) is 7.60. The Kier molecular flexibility index (Phi) is 6.67. The van der Waals surface area contributed by atoms with E-state index in [0.717, 1.165) is 37.6 Å². The number of rotatable bonds is 5. The number of anilines is 1. The molecule has 0 aromatic heterocycles. The van der Waals surface area contributed by atoms with Crippen molar-refractivity contribution in [2.24, 2.45) is 10.3 Å². The molecule has 0 spiro atoms. The minimum atomic E-state index is -4.05. The maximum absolute atomic E-state index is 14.7. The van der Waals surface area contributed by atoms with Crippen molar-refractivity contribution in [1.29, 1.82) is 0 Å². The van der Waals surface area contributed by atoms with Gasteiger partial charge in [0.15, 0.2) is 0 Å². The summed E-state index contributed by atoms with van der Waals surface area (Å²) in [4.78, 5) is 12.3. The number of nitrogens with one attached hydrogen (secondary N) is 2. The van der Waals surface area contributed by atoms with Crippen LogP contribution in [0, 0.1) is 25.6 Å². The summed E-state index contributed by atoms with van der Waals surface area (Å²) in [6.45, 7) is 6.69. The highest BCUT2D eigenvalue weighted by atomic mass is 32.2. The molecule has 1 aliphatic heterocycles. The third-order valence-electron chi connectivity index (χ3n) is 5.37. The fourth-order valence-corrected chi connectivity index (χ4v) is 4.95. The Balaban J connectivity index is 1.86. The average molecular weight is 432 g/mol. The van der Waals surface area contributed by atoms with Crippen molar-refractivity contribution in [2.75, 3.05) is 18.4 Å². The normalized spacial score (nSPS) is 15.8. The Morgan fingerprint density at radius 1 is 1.13 bits per heavy atom. The van der Waals surface area contributed by atoms with Crippen LogP contribution in [0.1, 0.15) is 41.3 Å². The molecule has 6 nitrogen and oxygen atoms in total. The fraction of sp³-hybridized carbons (Fsp3) is 0.364. The molecule has 1 aliphatic rings. The summed E-state index contributed by atoms with van der Waals surface area (Å²) < 4.78 is 44.3. The maximum atomic E-state index is 14.7. The van der Waals surface area contributed by atoms with E-state index in [4.69, 9.17) is 0 Å². The number of halogens is 1. The predicted octanol–water partition coefficient (Wildman–Crippen LogP) is 3.84. The van der Waals surface area contributed by atoms with Gasteiger partial charge in [-0.15, -0.1) is 0 Å². The van der Waals surface area contributed by atoms with Crippen molar-refractivity contribution in [3.8, 4) is 0 Å². The second kappa shape index (κ2) is 9.06. The van der Waals surface area contributed by atoms with Crippen LogP contribution in [-0.4, -0.2) is 33.1 Å². The number of hydrogen-bond acceptors (Lipinski definition) is 4. The van der Waals surface area contributed by atoms with E-state index in [1.807, 2.05) is 6.07 Å². The van der Waals surface area contributed by atoms with E-state index in [9.17, 15) is 17.6 Å². The van der Waals surface area contributed by atoms with Crippen LogP contribution in [-0.2, 0) is 10.0 Å². The highest BCUT2D eigenvalue weighted by Gasteiger charge is 2.23. The average Bonchev–Trinajstić information content (AvgIpc) is 2.71. The molecule has 0 atom stereocenters. The number of piperidine rings is 1. The Morgan fingerprint density at radius 2 is 1.80 bits per heavy atom. The first-order valence-corrected chi connectivity index (χ1v) is 11.3. The molecule has 1 fully saturated rings. The molecule has 1 saturated heterocycles. The summed E-state index contributed by atoms with van der Waals surface area (Å²) in [5.74, 6) is -1.18. The van der Waals surface area contributed by atoms with E-state index < -0.39 is 21.7 Å². The lowest BCUT2D eigenvalue weighted by molar-refractivity contribution is 0.102.